The van der Waals surface area contributed by atoms with Crippen LogP contribution in [-0.2, 0) is 4.43 Å². The van der Waals surface area contributed by atoms with Crippen molar-refractivity contribution >= 4 is 54.3 Å². The molecule has 0 fully saturated rings. The standard InChI is InChI=1S/C25H28ClN5O2Si.C19H14ClN5O2/c1-16(33-34(6,7)25(2,3)4)22(29-19-12-13-21(28-5)20(26)14-19)24-31-30-23(32-24)18-10-8-17(15-27)9-11-18;1-11(26)17(23-14-7-8-16(22-2)15(20)9-14)19-25-24-18(27-19)13-5-3-12(10-21)4-6-13/h8-14,16,22,29H,1-4,6-7H3;3-9,11,17,23,26H,1H3/t16-,22-;11-,17-/m11/s1. The fraction of sp³-hybridized carbons (Fsp3) is 0.273. The molecular formula is C44H42Cl2N10O4Si. The highest BCUT2D eigenvalue weighted by molar-refractivity contribution is 6.74. The van der Waals surface area contributed by atoms with Gasteiger partial charge in [-0.05, 0) is 105 Å². The third kappa shape index (κ3) is 11.4. The summed E-state index contributed by atoms with van der Waals surface area (Å²) in [6, 6.07) is 26.8. The molecule has 0 aliphatic heterocycles. The summed E-state index contributed by atoms with van der Waals surface area (Å²) in [6.07, 6.45) is -1.13. The Kier molecular flexibility index (Phi) is 14.7. The van der Waals surface area contributed by atoms with Crippen LogP contribution in [0.15, 0.2) is 93.8 Å². The molecule has 0 saturated heterocycles. The molecule has 6 aromatic rings. The van der Waals surface area contributed by atoms with Gasteiger partial charge in [0.25, 0.3) is 0 Å². The summed E-state index contributed by atoms with van der Waals surface area (Å²) in [5.74, 6) is 1.21. The molecule has 6 rings (SSSR count). The fourth-order valence-electron chi connectivity index (χ4n) is 5.54. The molecule has 61 heavy (non-hydrogen) atoms. The van der Waals surface area contributed by atoms with Gasteiger partial charge >= 0.3 is 0 Å². The van der Waals surface area contributed by atoms with E-state index >= 15 is 0 Å². The monoisotopic (exact) mass is 872 g/mol. The van der Waals surface area contributed by atoms with E-state index in [4.69, 9.17) is 60.1 Å². The molecule has 0 saturated carbocycles. The first kappa shape index (κ1) is 45.5. The zero-order valence-corrected chi connectivity index (χ0v) is 36.9. The maximum Gasteiger partial charge on any atom is 0.247 e. The third-order valence-electron chi connectivity index (χ3n) is 9.95. The molecule has 3 N–H and O–H groups in total. The van der Waals surface area contributed by atoms with Gasteiger partial charge in [-0.3, -0.25) is 0 Å². The second kappa shape index (κ2) is 19.7. The van der Waals surface area contributed by atoms with E-state index in [1.807, 2.05) is 13.0 Å². The van der Waals surface area contributed by atoms with E-state index in [9.17, 15) is 5.11 Å². The number of nitrogens with one attached hydrogen (secondary N) is 2. The molecule has 0 bridgehead atoms. The number of nitriles is 2. The van der Waals surface area contributed by atoms with Crippen molar-refractivity contribution in [3.63, 3.8) is 0 Å². The van der Waals surface area contributed by atoms with Crippen LogP contribution < -0.4 is 10.6 Å². The number of anilines is 2. The molecular weight excluding hydrogens is 832 g/mol. The molecule has 0 amide bonds. The largest absolute Gasteiger partial charge is 0.418 e. The summed E-state index contributed by atoms with van der Waals surface area (Å²) < 4.78 is 18.4. The minimum Gasteiger partial charge on any atom is -0.418 e. The molecule has 2 aromatic heterocycles. The lowest BCUT2D eigenvalue weighted by Crippen LogP contribution is -2.45. The van der Waals surface area contributed by atoms with Crippen LogP contribution in [0.2, 0.25) is 28.2 Å². The van der Waals surface area contributed by atoms with Crippen molar-refractivity contribution in [3.05, 3.63) is 141 Å². The topological polar surface area (TPSA) is 188 Å². The average Bonchev–Trinajstić information content (AvgIpc) is 3.93. The predicted octanol–water partition coefficient (Wildman–Crippen LogP) is 11.7. The summed E-state index contributed by atoms with van der Waals surface area (Å²) in [6.45, 7) is 28.8. The van der Waals surface area contributed by atoms with Crippen LogP contribution in [0.3, 0.4) is 0 Å². The molecule has 4 atom stereocenters. The lowest BCUT2D eigenvalue weighted by Gasteiger charge is -2.40. The number of hydrogen-bond donors (Lipinski definition) is 3. The van der Waals surface area contributed by atoms with Gasteiger partial charge in [0.15, 0.2) is 8.32 Å². The van der Waals surface area contributed by atoms with Crippen molar-refractivity contribution in [2.75, 3.05) is 10.6 Å². The minimum absolute atomic E-state index is 0.0227. The highest BCUT2D eigenvalue weighted by Gasteiger charge is 2.41. The Morgan fingerprint density at radius 3 is 1.48 bits per heavy atom. The van der Waals surface area contributed by atoms with Crippen molar-refractivity contribution in [1.82, 2.24) is 20.4 Å². The van der Waals surface area contributed by atoms with Crippen molar-refractivity contribution in [2.45, 2.75) is 77.0 Å². The van der Waals surface area contributed by atoms with Gasteiger partial charge in [0.2, 0.25) is 34.9 Å². The quantitative estimate of drug-likeness (QED) is 0.0781. The van der Waals surface area contributed by atoms with Crippen molar-refractivity contribution < 1.29 is 18.4 Å². The molecule has 2 heterocycles. The first-order valence-electron chi connectivity index (χ1n) is 18.9. The molecule has 0 aliphatic rings. The highest BCUT2D eigenvalue weighted by Crippen LogP contribution is 2.40. The zero-order chi connectivity index (χ0) is 44.5. The van der Waals surface area contributed by atoms with Crippen LogP contribution in [0.25, 0.3) is 32.6 Å². The molecule has 17 heteroatoms. The molecule has 4 aromatic carbocycles. The zero-order valence-electron chi connectivity index (χ0n) is 34.4. The Morgan fingerprint density at radius 2 is 1.11 bits per heavy atom. The van der Waals surface area contributed by atoms with Crippen LogP contribution in [0.5, 0.6) is 0 Å². The van der Waals surface area contributed by atoms with E-state index < -0.39 is 26.5 Å². The number of nitrogens with zero attached hydrogens (tertiary/aromatic N) is 8. The lowest BCUT2D eigenvalue weighted by molar-refractivity contribution is 0.159. The third-order valence-corrected chi connectivity index (χ3v) is 15.1. The maximum atomic E-state index is 10.1. The van der Waals surface area contributed by atoms with Crippen LogP contribution >= 0.6 is 23.2 Å². The van der Waals surface area contributed by atoms with E-state index in [0.29, 0.717) is 61.3 Å². The van der Waals surface area contributed by atoms with Gasteiger partial charge < -0.3 is 29.0 Å². The average molecular weight is 874 g/mol. The Hall–Kier alpha value is -6.56. The first-order chi connectivity index (χ1) is 29.0. The van der Waals surface area contributed by atoms with Crippen LogP contribution in [-0.4, -0.2) is 46.0 Å². The summed E-state index contributed by atoms with van der Waals surface area (Å²) in [5, 5.41) is 51.8. The van der Waals surface area contributed by atoms with Gasteiger partial charge in [0.1, 0.15) is 12.1 Å². The second-order valence-electron chi connectivity index (χ2n) is 15.4. The number of rotatable bonds is 12. The van der Waals surface area contributed by atoms with Crippen LogP contribution in [0.1, 0.15) is 69.6 Å². The summed E-state index contributed by atoms with van der Waals surface area (Å²) in [5.41, 5.74) is 4.52. The van der Waals surface area contributed by atoms with E-state index in [1.54, 1.807) is 91.9 Å². The van der Waals surface area contributed by atoms with Gasteiger partial charge in [-0.2, -0.15) is 10.5 Å². The summed E-state index contributed by atoms with van der Waals surface area (Å²) >= 11 is 12.3. The number of aliphatic hydroxyl groups is 1. The molecule has 0 unspecified atom stereocenters. The Balaban J connectivity index is 0.000000237. The summed E-state index contributed by atoms with van der Waals surface area (Å²) in [4.78, 5) is 6.73. The van der Waals surface area contributed by atoms with Crippen LogP contribution in [0.4, 0.5) is 22.7 Å². The summed E-state index contributed by atoms with van der Waals surface area (Å²) in [7, 11) is -2.10. The molecule has 0 aliphatic carbocycles. The smallest absolute Gasteiger partial charge is 0.247 e. The van der Waals surface area contributed by atoms with Gasteiger partial charge in [-0.15, -0.1) is 20.4 Å². The van der Waals surface area contributed by atoms with Crippen LogP contribution in [0, 0.1) is 35.8 Å². The van der Waals surface area contributed by atoms with E-state index in [-0.39, 0.29) is 22.9 Å². The highest BCUT2D eigenvalue weighted by atomic mass is 35.5. The fourth-order valence-corrected chi connectivity index (χ4v) is 7.41. The van der Waals surface area contributed by atoms with Gasteiger partial charge in [-0.1, -0.05) is 56.1 Å². The molecule has 310 valence electrons. The predicted molar refractivity (Wildman–Crippen MR) is 236 cm³/mol. The Labute approximate surface area is 365 Å². The maximum absolute atomic E-state index is 10.1. The Morgan fingerprint density at radius 1 is 0.705 bits per heavy atom. The Bertz CT molecular complexity index is 2630. The van der Waals surface area contributed by atoms with Crippen molar-refractivity contribution in [2.24, 2.45) is 0 Å². The number of benzene rings is 4. The lowest BCUT2D eigenvalue weighted by atomic mass is 10.1. The SMILES string of the molecule is [C-]#[N+]c1ccc(N[C@@H](c2nnc(-c3ccc(C#N)cc3)o2)[C@@H](C)O)cc1Cl.[C-]#[N+]c1ccc(N[C@@H](c2nnc(-c3ccc(C#N)cc3)o2)[C@@H](C)O[Si](C)(C)C(C)(C)C)cc1Cl. The van der Waals surface area contributed by atoms with E-state index in [0.717, 1.165) is 5.56 Å². The normalized spacial score (nSPS) is 13.1. The van der Waals surface area contributed by atoms with Gasteiger partial charge in [0.05, 0.1) is 48.6 Å². The number of aromatic nitrogens is 4. The van der Waals surface area contributed by atoms with E-state index in [1.165, 1.54) is 0 Å². The number of hydrogen-bond acceptors (Lipinski definition) is 12. The molecule has 0 spiro atoms. The van der Waals surface area contributed by atoms with Crippen molar-refractivity contribution in [1.29, 1.82) is 10.5 Å². The first-order valence-corrected chi connectivity index (χ1v) is 22.5. The number of aliphatic hydroxyl groups excluding tert-OH is 1. The van der Waals surface area contributed by atoms with Gasteiger partial charge in [0, 0.05) is 32.5 Å². The van der Waals surface area contributed by atoms with Gasteiger partial charge in [-0.25, -0.2) is 9.69 Å². The van der Waals surface area contributed by atoms with Crippen molar-refractivity contribution in [3.8, 4) is 35.0 Å². The molecule has 0 radical (unpaired) electrons. The minimum atomic E-state index is -2.10. The second-order valence-corrected chi connectivity index (χ2v) is 21.0. The number of halogens is 2. The molecule has 14 nitrogen and oxygen atoms in total. The van der Waals surface area contributed by atoms with E-state index in [2.05, 4.69) is 80.7 Å².